The monoisotopic (exact) mass is 258 g/mol. The summed E-state index contributed by atoms with van der Waals surface area (Å²) in [4.78, 5) is 4.59. The first-order valence-electron chi connectivity index (χ1n) is 6.91. The van der Waals surface area contributed by atoms with Crippen molar-refractivity contribution >= 4 is 0 Å². The average Bonchev–Trinajstić information content (AvgIpc) is 2.83. The molecule has 2 N–H and O–H groups in total. The maximum Gasteiger partial charge on any atom is 0.152 e. The molecule has 4 heteroatoms. The van der Waals surface area contributed by atoms with Gasteiger partial charge in [-0.25, -0.2) is 9.67 Å². The van der Waals surface area contributed by atoms with Gasteiger partial charge in [-0.05, 0) is 30.7 Å². The van der Waals surface area contributed by atoms with Crippen LogP contribution in [0.2, 0.25) is 0 Å². The van der Waals surface area contributed by atoms with Gasteiger partial charge in [-0.2, -0.15) is 5.10 Å². The quantitative estimate of drug-likeness (QED) is 0.896. The predicted molar refractivity (Wildman–Crippen MR) is 77.6 cm³/mol. The van der Waals surface area contributed by atoms with Gasteiger partial charge in [0.25, 0.3) is 0 Å². The van der Waals surface area contributed by atoms with Crippen molar-refractivity contribution in [2.45, 2.75) is 39.5 Å². The van der Waals surface area contributed by atoms with Crippen LogP contribution in [-0.4, -0.2) is 21.3 Å². The molecule has 2 rings (SSSR count). The van der Waals surface area contributed by atoms with E-state index in [1.165, 1.54) is 5.56 Å². The molecule has 0 saturated heterocycles. The van der Waals surface area contributed by atoms with Crippen molar-refractivity contribution in [3.05, 3.63) is 41.5 Å². The highest BCUT2D eigenvalue weighted by Crippen LogP contribution is 2.18. The number of nitrogens with zero attached hydrogens (tertiary/aromatic N) is 3. The number of benzene rings is 1. The molecule has 1 aromatic heterocycles. The predicted octanol–water partition coefficient (Wildman–Crippen LogP) is 2.45. The number of nitrogens with two attached hydrogens (primary N) is 1. The zero-order valence-corrected chi connectivity index (χ0v) is 11.9. The first kappa shape index (κ1) is 13.7. The third-order valence-corrected chi connectivity index (χ3v) is 3.15. The zero-order valence-electron chi connectivity index (χ0n) is 11.9. The van der Waals surface area contributed by atoms with Crippen LogP contribution < -0.4 is 5.73 Å². The highest BCUT2D eigenvalue weighted by Gasteiger charge is 2.14. The van der Waals surface area contributed by atoms with Gasteiger partial charge in [0.05, 0.1) is 5.69 Å². The molecule has 0 aliphatic rings. The molecule has 0 amide bonds. The highest BCUT2D eigenvalue weighted by molar-refractivity contribution is 5.35. The molecule has 1 heterocycles. The van der Waals surface area contributed by atoms with E-state index in [1.54, 1.807) is 0 Å². The van der Waals surface area contributed by atoms with Crippen LogP contribution >= 0.6 is 0 Å². The Morgan fingerprint density at radius 3 is 2.42 bits per heavy atom. The van der Waals surface area contributed by atoms with E-state index in [0.717, 1.165) is 30.2 Å². The molecule has 0 bridgehead atoms. The van der Waals surface area contributed by atoms with Gasteiger partial charge in [-0.3, -0.25) is 0 Å². The highest BCUT2D eigenvalue weighted by atomic mass is 15.4. The molecule has 1 aromatic carbocycles. The SMILES string of the molecule is CCc1ccc(-n2nc(CCN)nc2C(C)C)cc1. The van der Waals surface area contributed by atoms with Crippen LogP contribution in [0.15, 0.2) is 24.3 Å². The van der Waals surface area contributed by atoms with Gasteiger partial charge in [-0.15, -0.1) is 0 Å². The van der Waals surface area contributed by atoms with E-state index in [9.17, 15) is 0 Å². The Morgan fingerprint density at radius 2 is 1.89 bits per heavy atom. The molecule has 0 aliphatic heterocycles. The summed E-state index contributed by atoms with van der Waals surface area (Å²) < 4.78 is 1.94. The summed E-state index contributed by atoms with van der Waals surface area (Å²) in [6, 6.07) is 8.49. The lowest BCUT2D eigenvalue weighted by Gasteiger charge is -2.08. The molecule has 0 saturated carbocycles. The number of aryl methyl sites for hydroxylation is 1. The summed E-state index contributed by atoms with van der Waals surface area (Å²) in [5.74, 6) is 2.16. The molecular formula is C15H22N4. The minimum atomic E-state index is 0.338. The molecule has 0 atom stereocenters. The fourth-order valence-electron chi connectivity index (χ4n) is 2.04. The smallest absolute Gasteiger partial charge is 0.152 e. The zero-order chi connectivity index (χ0) is 13.8. The fraction of sp³-hybridized carbons (Fsp3) is 0.467. The number of hydrogen-bond acceptors (Lipinski definition) is 3. The van der Waals surface area contributed by atoms with Gasteiger partial charge in [0, 0.05) is 12.3 Å². The maximum absolute atomic E-state index is 5.58. The summed E-state index contributed by atoms with van der Waals surface area (Å²) in [7, 11) is 0. The molecule has 0 unspecified atom stereocenters. The van der Waals surface area contributed by atoms with E-state index in [1.807, 2.05) is 4.68 Å². The Bertz CT molecular complexity index is 526. The minimum Gasteiger partial charge on any atom is -0.330 e. The largest absolute Gasteiger partial charge is 0.330 e. The Kier molecular flexibility index (Phi) is 4.32. The lowest BCUT2D eigenvalue weighted by molar-refractivity contribution is 0.712. The van der Waals surface area contributed by atoms with Crippen molar-refractivity contribution < 1.29 is 0 Å². The van der Waals surface area contributed by atoms with Crippen molar-refractivity contribution in [3.63, 3.8) is 0 Å². The molecule has 4 nitrogen and oxygen atoms in total. The first-order valence-corrected chi connectivity index (χ1v) is 6.91. The molecule has 19 heavy (non-hydrogen) atoms. The molecule has 0 radical (unpaired) electrons. The normalized spacial score (nSPS) is 11.2. The Labute approximate surface area is 114 Å². The van der Waals surface area contributed by atoms with Crippen LogP contribution in [0.3, 0.4) is 0 Å². The average molecular weight is 258 g/mol. The van der Waals surface area contributed by atoms with Crippen LogP contribution in [0.1, 0.15) is 43.9 Å². The van der Waals surface area contributed by atoms with E-state index >= 15 is 0 Å². The van der Waals surface area contributed by atoms with Crippen LogP contribution in [-0.2, 0) is 12.8 Å². The third-order valence-electron chi connectivity index (χ3n) is 3.15. The second-order valence-electron chi connectivity index (χ2n) is 5.01. The van der Waals surface area contributed by atoms with Gasteiger partial charge in [0.1, 0.15) is 5.82 Å². The van der Waals surface area contributed by atoms with E-state index in [4.69, 9.17) is 5.73 Å². The number of hydrogen-bond donors (Lipinski definition) is 1. The van der Waals surface area contributed by atoms with E-state index in [0.29, 0.717) is 12.5 Å². The molecule has 2 aromatic rings. The van der Waals surface area contributed by atoms with Crippen molar-refractivity contribution in [3.8, 4) is 5.69 Å². The summed E-state index contributed by atoms with van der Waals surface area (Å²) >= 11 is 0. The van der Waals surface area contributed by atoms with Crippen LogP contribution in [0.25, 0.3) is 5.69 Å². The topological polar surface area (TPSA) is 56.7 Å². The van der Waals surface area contributed by atoms with Gasteiger partial charge < -0.3 is 5.73 Å². The standard InChI is InChI=1S/C15H22N4/c1-4-12-5-7-13(8-6-12)19-15(11(2)3)17-14(18-19)9-10-16/h5-8,11H,4,9-10,16H2,1-3H3. The summed E-state index contributed by atoms with van der Waals surface area (Å²) in [5, 5.41) is 4.57. The van der Waals surface area contributed by atoms with Gasteiger partial charge in [0.15, 0.2) is 5.82 Å². The third kappa shape index (κ3) is 3.01. The maximum atomic E-state index is 5.58. The second-order valence-corrected chi connectivity index (χ2v) is 5.01. The van der Waals surface area contributed by atoms with Crippen LogP contribution in [0.5, 0.6) is 0 Å². The summed E-state index contributed by atoms with van der Waals surface area (Å²) in [6.07, 6.45) is 1.77. The molecule has 0 spiro atoms. The summed E-state index contributed by atoms with van der Waals surface area (Å²) in [6.45, 7) is 7.00. The van der Waals surface area contributed by atoms with Crippen molar-refractivity contribution in [1.29, 1.82) is 0 Å². The van der Waals surface area contributed by atoms with Crippen molar-refractivity contribution in [1.82, 2.24) is 14.8 Å². The summed E-state index contributed by atoms with van der Waals surface area (Å²) in [5.41, 5.74) is 7.98. The Morgan fingerprint density at radius 1 is 1.21 bits per heavy atom. The van der Waals surface area contributed by atoms with Gasteiger partial charge >= 0.3 is 0 Å². The lowest BCUT2D eigenvalue weighted by Crippen LogP contribution is -2.05. The number of aromatic nitrogens is 3. The van der Waals surface area contributed by atoms with Crippen LogP contribution in [0, 0.1) is 0 Å². The van der Waals surface area contributed by atoms with Crippen molar-refractivity contribution in [2.24, 2.45) is 5.73 Å². The minimum absolute atomic E-state index is 0.338. The Balaban J connectivity index is 2.40. The van der Waals surface area contributed by atoms with E-state index in [-0.39, 0.29) is 0 Å². The molecule has 102 valence electrons. The van der Waals surface area contributed by atoms with E-state index in [2.05, 4.69) is 55.1 Å². The molecular weight excluding hydrogens is 236 g/mol. The van der Waals surface area contributed by atoms with Gasteiger partial charge in [-0.1, -0.05) is 32.9 Å². The first-order chi connectivity index (χ1) is 9.15. The lowest BCUT2D eigenvalue weighted by atomic mass is 10.1. The fourth-order valence-corrected chi connectivity index (χ4v) is 2.04. The van der Waals surface area contributed by atoms with Crippen LogP contribution in [0.4, 0.5) is 0 Å². The molecule has 0 aliphatic carbocycles. The second kappa shape index (κ2) is 5.97. The Hall–Kier alpha value is -1.68. The van der Waals surface area contributed by atoms with Gasteiger partial charge in [0.2, 0.25) is 0 Å². The van der Waals surface area contributed by atoms with E-state index < -0.39 is 0 Å². The molecule has 0 fully saturated rings. The number of rotatable bonds is 5. The van der Waals surface area contributed by atoms with Crippen molar-refractivity contribution in [2.75, 3.05) is 6.54 Å².